The second-order valence-corrected chi connectivity index (χ2v) is 6.93. The lowest BCUT2D eigenvalue weighted by Gasteiger charge is -2.22. The summed E-state index contributed by atoms with van der Waals surface area (Å²) >= 11 is 0. The van der Waals surface area contributed by atoms with Crippen molar-refractivity contribution in [3.05, 3.63) is 71.0 Å². The molecule has 1 N–H and O–H groups in total. The molecule has 1 fully saturated rings. The lowest BCUT2D eigenvalue weighted by atomic mass is 9.95. The van der Waals surface area contributed by atoms with Gasteiger partial charge < -0.3 is 10.1 Å². The zero-order valence-electron chi connectivity index (χ0n) is 15.7. The smallest absolute Gasteiger partial charge is 0.262 e. The van der Waals surface area contributed by atoms with Crippen molar-refractivity contribution < 1.29 is 13.9 Å². The van der Waals surface area contributed by atoms with Crippen LogP contribution in [-0.2, 0) is 11.4 Å². The number of ether oxygens (including phenoxy) is 1. The molecule has 2 aromatic rings. The summed E-state index contributed by atoms with van der Waals surface area (Å²) in [6.45, 7) is 0.265. The lowest BCUT2D eigenvalue weighted by Crippen LogP contribution is -2.36. The van der Waals surface area contributed by atoms with E-state index in [2.05, 4.69) is 5.32 Å². The molecule has 2 aromatic carbocycles. The minimum absolute atomic E-state index is 0.0587. The van der Waals surface area contributed by atoms with Gasteiger partial charge in [-0.05, 0) is 42.7 Å². The Balaban J connectivity index is 1.71. The highest BCUT2D eigenvalue weighted by atomic mass is 19.1. The van der Waals surface area contributed by atoms with Gasteiger partial charge in [0, 0.05) is 11.6 Å². The molecule has 1 saturated carbocycles. The Labute approximate surface area is 164 Å². The van der Waals surface area contributed by atoms with Crippen molar-refractivity contribution in [1.29, 1.82) is 5.26 Å². The molecule has 0 heterocycles. The molecule has 0 bridgehead atoms. The molecule has 4 nitrogen and oxygen atoms in total. The molecule has 28 heavy (non-hydrogen) atoms. The maximum atomic E-state index is 13.0. The van der Waals surface area contributed by atoms with Gasteiger partial charge in [-0.2, -0.15) is 5.26 Å². The van der Waals surface area contributed by atoms with Crippen LogP contribution in [0.2, 0.25) is 0 Å². The van der Waals surface area contributed by atoms with Crippen LogP contribution >= 0.6 is 0 Å². The minimum Gasteiger partial charge on any atom is -0.488 e. The van der Waals surface area contributed by atoms with Crippen molar-refractivity contribution >= 4 is 12.0 Å². The van der Waals surface area contributed by atoms with Crippen LogP contribution in [0.5, 0.6) is 5.75 Å². The van der Waals surface area contributed by atoms with Gasteiger partial charge in [0.15, 0.2) is 0 Å². The summed E-state index contributed by atoms with van der Waals surface area (Å²) in [6, 6.07) is 15.5. The van der Waals surface area contributed by atoms with Crippen molar-refractivity contribution in [2.24, 2.45) is 0 Å². The first-order valence-corrected chi connectivity index (χ1v) is 9.54. The second kappa shape index (κ2) is 9.70. The first-order chi connectivity index (χ1) is 13.7. The van der Waals surface area contributed by atoms with Crippen LogP contribution in [0.25, 0.3) is 6.08 Å². The zero-order valence-corrected chi connectivity index (χ0v) is 15.7. The van der Waals surface area contributed by atoms with Crippen LogP contribution in [0.15, 0.2) is 54.1 Å². The van der Waals surface area contributed by atoms with E-state index in [0.717, 1.165) is 31.2 Å². The van der Waals surface area contributed by atoms with Crippen LogP contribution in [-0.4, -0.2) is 11.9 Å². The molecule has 0 aromatic heterocycles. The van der Waals surface area contributed by atoms with Gasteiger partial charge in [0.1, 0.15) is 29.8 Å². The van der Waals surface area contributed by atoms with Gasteiger partial charge >= 0.3 is 0 Å². The highest BCUT2D eigenvalue weighted by Crippen LogP contribution is 2.23. The summed E-state index contributed by atoms with van der Waals surface area (Å²) in [6.07, 6.45) is 6.89. The number of hydrogen-bond donors (Lipinski definition) is 1. The number of para-hydroxylation sites is 1. The molecule has 0 spiro atoms. The highest BCUT2D eigenvalue weighted by molar-refractivity contribution is 6.02. The van der Waals surface area contributed by atoms with Gasteiger partial charge in [0.25, 0.3) is 5.91 Å². The first-order valence-electron chi connectivity index (χ1n) is 9.54. The van der Waals surface area contributed by atoms with Crippen molar-refractivity contribution in [3.63, 3.8) is 0 Å². The standard InChI is InChI=1S/C23H23FN2O2/c24-20-12-10-17(11-13-20)16-28-22-9-5-4-6-18(22)14-19(15-25)23(27)26-21-7-2-1-3-8-21/h4-6,9-14,21H,1-3,7-8,16H2,(H,26,27)/b19-14+. The Morgan fingerprint density at radius 2 is 1.86 bits per heavy atom. The molecule has 0 aliphatic heterocycles. The van der Waals surface area contributed by atoms with Crippen LogP contribution in [0, 0.1) is 17.1 Å². The predicted octanol–water partition coefficient (Wildman–Crippen LogP) is 4.76. The molecule has 1 aliphatic carbocycles. The molecule has 5 heteroatoms. The summed E-state index contributed by atoms with van der Waals surface area (Å²) in [5.74, 6) is -0.0810. The van der Waals surface area contributed by atoms with E-state index in [1.807, 2.05) is 18.2 Å². The molecule has 0 saturated heterocycles. The van der Waals surface area contributed by atoms with Crippen molar-refractivity contribution in [2.75, 3.05) is 0 Å². The van der Waals surface area contributed by atoms with Crippen LogP contribution in [0.3, 0.4) is 0 Å². The zero-order chi connectivity index (χ0) is 19.8. The van der Waals surface area contributed by atoms with E-state index < -0.39 is 0 Å². The third-order valence-electron chi connectivity index (χ3n) is 4.83. The van der Waals surface area contributed by atoms with Gasteiger partial charge in [-0.15, -0.1) is 0 Å². The molecule has 1 amide bonds. The third kappa shape index (κ3) is 5.43. The molecule has 0 unspecified atom stereocenters. The number of hydrogen-bond acceptors (Lipinski definition) is 3. The van der Waals surface area contributed by atoms with E-state index in [-0.39, 0.29) is 29.9 Å². The number of carbonyl (C=O) groups excluding carboxylic acids is 1. The third-order valence-corrected chi connectivity index (χ3v) is 4.83. The predicted molar refractivity (Wildman–Crippen MR) is 106 cm³/mol. The van der Waals surface area contributed by atoms with Gasteiger partial charge in [-0.3, -0.25) is 4.79 Å². The van der Waals surface area contributed by atoms with Gasteiger partial charge in [-0.1, -0.05) is 49.6 Å². The maximum Gasteiger partial charge on any atom is 0.262 e. The monoisotopic (exact) mass is 378 g/mol. The fourth-order valence-corrected chi connectivity index (χ4v) is 3.29. The number of nitrogens with one attached hydrogen (secondary N) is 1. The maximum absolute atomic E-state index is 13.0. The van der Waals surface area contributed by atoms with E-state index >= 15 is 0 Å². The number of rotatable bonds is 6. The molecule has 3 rings (SSSR count). The molecular formula is C23H23FN2O2. The summed E-state index contributed by atoms with van der Waals surface area (Å²) in [7, 11) is 0. The largest absolute Gasteiger partial charge is 0.488 e. The summed E-state index contributed by atoms with van der Waals surface area (Å²) in [5, 5.41) is 12.4. The van der Waals surface area contributed by atoms with Crippen molar-refractivity contribution in [2.45, 2.75) is 44.8 Å². The average molecular weight is 378 g/mol. The van der Waals surface area contributed by atoms with Crippen molar-refractivity contribution in [3.8, 4) is 11.8 Å². The quantitative estimate of drug-likeness (QED) is 0.582. The van der Waals surface area contributed by atoms with E-state index in [4.69, 9.17) is 4.74 Å². The van der Waals surface area contributed by atoms with E-state index in [9.17, 15) is 14.4 Å². The van der Waals surface area contributed by atoms with Crippen LogP contribution in [0.1, 0.15) is 43.2 Å². The summed E-state index contributed by atoms with van der Waals surface area (Å²) < 4.78 is 18.9. The molecule has 0 radical (unpaired) electrons. The summed E-state index contributed by atoms with van der Waals surface area (Å²) in [5.41, 5.74) is 1.54. The normalized spacial score (nSPS) is 14.9. The lowest BCUT2D eigenvalue weighted by molar-refractivity contribution is -0.117. The van der Waals surface area contributed by atoms with E-state index in [0.29, 0.717) is 11.3 Å². The van der Waals surface area contributed by atoms with Gasteiger partial charge in [0.2, 0.25) is 0 Å². The minimum atomic E-state index is -0.345. The summed E-state index contributed by atoms with van der Waals surface area (Å²) in [4.78, 5) is 12.5. The van der Waals surface area contributed by atoms with Gasteiger partial charge in [-0.25, -0.2) is 4.39 Å². The molecule has 1 aliphatic rings. The number of halogens is 1. The molecule has 144 valence electrons. The van der Waals surface area contributed by atoms with Crippen molar-refractivity contribution in [1.82, 2.24) is 5.32 Å². The first kappa shape index (κ1) is 19.6. The SMILES string of the molecule is N#C/C(=C\c1ccccc1OCc1ccc(F)cc1)C(=O)NC1CCCCC1. The number of nitrogens with zero attached hydrogens (tertiary/aromatic N) is 1. The van der Waals surface area contributed by atoms with E-state index in [1.165, 1.54) is 18.6 Å². The van der Waals surface area contributed by atoms with Gasteiger partial charge in [0.05, 0.1) is 0 Å². The molecular weight excluding hydrogens is 355 g/mol. The Bertz CT molecular complexity index is 878. The number of nitriles is 1. The number of amides is 1. The Morgan fingerprint density at radius 1 is 1.14 bits per heavy atom. The fourth-order valence-electron chi connectivity index (χ4n) is 3.29. The highest BCUT2D eigenvalue weighted by Gasteiger charge is 2.18. The van der Waals surface area contributed by atoms with Crippen LogP contribution < -0.4 is 10.1 Å². The number of benzene rings is 2. The Kier molecular flexibility index (Phi) is 6.80. The second-order valence-electron chi connectivity index (χ2n) is 6.93. The fraction of sp³-hybridized carbons (Fsp3) is 0.304. The number of carbonyl (C=O) groups is 1. The van der Waals surface area contributed by atoms with Crippen LogP contribution in [0.4, 0.5) is 4.39 Å². The van der Waals surface area contributed by atoms with E-state index in [1.54, 1.807) is 30.3 Å². The average Bonchev–Trinajstić information content (AvgIpc) is 2.73. The molecule has 0 atom stereocenters. The topological polar surface area (TPSA) is 62.1 Å². The Morgan fingerprint density at radius 3 is 2.57 bits per heavy atom. The Hall–Kier alpha value is -3.13.